The molecule has 1 fully saturated rings. The average Bonchev–Trinajstić information content (AvgIpc) is 3.01. The van der Waals surface area contributed by atoms with Crippen LogP contribution in [-0.2, 0) is 19.1 Å². The lowest BCUT2D eigenvalue weighted by molar-refractivity contribution is -0.309. The zero-order valence-electron chi connectivity index (χ0n) is 14.4. The monoisotopic (exact) mass is 358 g/mol. The van der Waals surface area contributed by atoms with Gasteiger partial charge in [0.2, 0.25) is 5.91 Å². The first-order valence-corrected chi connectivity index (χ1v) is 7.92. The van der Waals surface area contributed by atoms with Crippen LogP contribution in [0.1, 0.15) is 6.42 Å². The van der Waals surface area contributed by atoms with Gasteiger partial charge in [0.25, 0.3) is 0 Å². The van der Waals surface area contributed by atoms with E-state index in [0.717, 1.165) is 0 Å². The average molecular weight is 358 g/mol. The quantitative estimate of drug-likeness (QED) is 0.687. The minimum Gasteiger partial charge on any atom is -0.495 e. The Morgan fingerprint density at radius 1 is 1.46 bits per heavy atom. The minimum atomic E-state index is -1.11. The summed E-state index contributed by atoms with van der Waals surface area (Å²) in [6, 6.07) is 8.76. The molecule has 0 saturated carbocycles. The van der Waals surface area contributed by atoms with Crippen LogP contribution >= 0.6 is 0 Å². The van der Waals surface area contributed by atoms with Gasteiger partial charge >= 0.3 is 5.97 Å². The molecule has 136 valence electrons. The molecular weight excluding hydrogens is 338 g/mol. The van der Waals surface area contributed by atoms with Crippen molar-refractivity contribution in [2.24, 2.45) is 11.8 Å². The number of para-hydroxylation sites is 2. The third-order valence-corrected chi connectivity index (χ3v) is 4.05. The van der Waals surface area contributed by atoms with Crippen LogP contribution in [0.2, 0.25) is 0 Å². The number of rotatable bonds is 7. The Kier molecular flexibility index (Phi) is 6.09. The predicted molar refractivity (Wildman–Crippen MR) is 90.6 cm³/mol. The van der Waals surface area contributed by atoms with Crippen LogP contribution in [0.15, 0.2) is 36.5 Å². The summed E-state index contributed by atoms with van der Waals surface area (Å²) in [5.41, 5.74) is 4.18. The van der Waals surface area contributed by atoms with Crippen molar-refractivity contribution in [2.75, 3.05) is 25.2 Å². The smallest absolute Gasteiger partial charge is 0.311 e. The van der Waals surface area contributed by atoms with E-state index < -0.39 is 30.2 Å². The molecule has 0 spiro atoms. The maximum atomic E-state index is 12.3. The molecule has 0 aliphatic carbocycles. The number of benzene rings is 1. The van der Waals surface area contributed by atoms with E-state index in [9.17, 15) is 14.4 Å². The van der Waals surface area contributed by atoms with E-state index in [4.69, 9.17) is 14.7 Å². The Labute approximate surface area is 150 Å². The first kappa shape index (κ1) is 19.1. The predicted octanol–water partition coefficient (Wildman–Crippen LogP) is 0.0558. The standard InChI is InChI=1S/C18H19N3O5/c1-11(20)13(8-19)15(22)10-26-18(24)12-7-17(23)21(9-12)14-5-3-4-6-16(14)25-2/h3-6,12-13H,1,7,9-10,20H2,2H3/p+1/t12-,13+/m0/s1. The molecule has 0 aromatic heterocycles. The van der Waals surface area contributed by atoms with Gasteiger partial charge in [0.15, 0.2) is 18.3 Å². The number of ketones is 1. The second-order valence-electron chi connectivity index (χ2n) is 5.87. The van der Waals surface area contributed by atoms with E-state index in [1.165, 1.54) is 12.0 Å². The lowest BCUT2D eigenvalue weighted by Gasteiger charge is -2.19. The number of anilines is 1. The van der Waals surface area contributed by atoms with Gasteiger partial charge < -0.3 is 20.1 Å². The van der Waals surface area contributed by atoms with Gasteiger partial charge in [0.1, 0.15) is 11.4 Å². The van der Waals surface area contributed by atoms with Crippen LogP contribution in [0, 0.1) is 23.2 Å². The topological polar surface area (TPSA) is 124 Å². The van der Waals surface area contributed by atoms with E-state index in [1.807, 2.05) is 0 Å². The SMILES string of the molecule is C=C([NH3+])[C@@H](C#N)C(=O)COC(=O)[C@H]1CC(=O)N(c2ccccc2OC)C1. The molecule has 2 rings (SSSR count). The maximum absolute atomic E-state index is 12.3. The number of methoxy groups -OCH3 is 1. The summed E-state index contributed by atoms with van der Waals surface area (Å²) >= 11 is 0. The molecular formula is C18H20N3O5+. The third-order valence-electron chi connectivity index (χ3n) is 4.05. The molecule has 1 aromatic rings. The van der Waals surface area contributed by atoms with Gasteiger partial charge in [0.05, 0.1) is 24.8 Å². The molecule has 26 heavy (non-hydrogen) atoms. The minimum absolute atomic E-state index is 0.0191. The zero-order chi connectivity index (χ0) is 19.3. The van der Waals surface area contributed by atoms with E-state index in [-0.39, 0.29) is 24.6 Å². The molecule has 0 radical (unpaired) electrons. The molecule has 1 aliphatic heterocycles. The molecule has 3 N–H and O–H groups in total. The number of carbonyl (C=O) groups is 3. The van der Waals surface area contributed by atoms with Gasteiger partial charge in [-0.25, -0.2) is 0 Å². The zero-order valence-corrected chi connectivity index (χ0v) is 14.4. The first-order valence-electron chi connectivity index (χ1n) is 7.92. The summed E-state index contributed by atoms with van der Waals surface area (Å²) < 4.78 is 10.2. The van der Waals surface area contributed by atoms with Crippen LogP contribution in [0.3, 0.4) is 0 Å². The number of hydrogen-bond acceptors (Lipinski definition) is 6. The van der Waals surface area contributed by atoms with Crippen molar-refractivity contribution in [3.05, 3.63) is 36.5 Å². The maximum Gasteiger partial charge on any atom is 0.311 e. The van der Waals surface area contributed by atoms with Gasteiger partial charge in [-0.05, 0) is 18.7 Å². The molecule has 1 saturated heterocycles. The summed E-state index contributed by atoms with van der Waals surface area (Å²) in [5.74, 6) is -2.76. The summed E-state index contributed by atoms with van der Waals surface area (Å²) in [4.78, 5) is 37.8. The number of esters is 1. The summed E-state index contributed by atoms with van der Waals surface area (Å²) in [6.07, 6.45) is -0.0191. The van der Waals surface area contributed by atoms with Crippen LogP contribution in [0.4, 0.5) is 5.69 Å². The van der Waals surface area contributed by atoms with E-state index in [0.29, 0.717) is 11.4 Å². The highest BCUT2D eigenvalue weighted by atomic mass is 16.5. The van der Waals surface area contributed by atoms with Crippen molar-refractivity contribution in [1.29, 1.82) is 5.26 Å². The van der Waals surface area contributed by atoms with E-state index in [2.05, 4.69) is 12.3 Å². The highest BCUT2D eigenvalue weighted by molar-refractivity contribution is 6.00. The van der Waals surface area contributed by atoms with Crippen LogP contribution in [0.5, 0.6) is 5.75 Å². The Balaban J connectivity index is 2.00. The van der Waals surface area contributed by atoms with Crippen LogP contribution in [0.25, 0.3) is 0 Å². The number of carbonyl (C=O) groups excluding carboxylic acids is 3. The molecule has 8 nitrogen and oxygen atoms in total. The summed E-state index contributed by atoms with van der Waals surface area (Å²) in [5, 5.41) is 8.91. The lowest BCUT2D eigenvalue weighted by Crippen LogP contribution is -2.51. The Bertz CT molecular complexity index is 783. The molecule has 0 bridgehead atoms. The van der Waals surface area contributed by atoms with Crippen molar-refractivity contribution in [3.63, 3.8) is 0 Å². The Morgan fingerprint density at radius 2 is 2.15 bits per heavy atom. The number of quaternary nitrogens is 1. The van der Waals surface area contributed by atoms with Crippen molar-refractivity contribution in [3.8, 4) is 11.8 Å². The highest BCUT2D eigenvalue weighted by Crippen LogP contribution is 2.33. The largest absolute Gasteiger partial charge is 0.495 e. The Hall–Kier alpha value is -3.18. The van der Waals surface area contributed by atoms with Gasteiger partial charge in [-0.15, -0.1) is 0 Å². The van der Waals surface area contributed by atoms with Gasteiger partial charge in [-0.1, -0.05) is 12.1 Å². The molecule has 1 aliphatic rings. The molecule has 2 atom stereocenters. The van der Waals surface area contributed by atoms with Crippen LogP contribution < -0.4 is 15.4 Å². The molecule has 1 heterocycles. The first-order chi connectivity index (χ1) is 12.4. The summed E-state index contributed by atoms with van der Waals surface area (Å²) in [6.45, 7) is 3.05. The number of hydrogen-bond donors (Lipinski definition) is 1. The lowest BCUT2D eigenvalue weighted by atomic mass is 10.0. The van der Waals surface area contributed by atoms with Crippen molar-refractivity contribution >= 4 is 23.3 Å². The molecule has 0 unspecified atom stereocenters. The van der Waals surface area contributed by atoms with Crippen molar-refractivity contribution in [1.82, 2.24) is 0 Å². The third kappa shape index (κ3) is 4.07. The Morgan fingerprint density at radius 3 is 2.77 bits per heavy atom. The number of amides is 1. The van der Waals surface area contributed by atoms with Gasteiger partial charge in [0, 0.05) is 13.0 Å². The fraction of sp³-hybridized carbons (Fsp3) is 0.333. The normalized spacial score (nSPS) is 17.3. The van der Waals surface area contributed by atoms with Crippen molar-refractivity contribution < 1.29 is 29.6 Å². The molecule has 1 aromatic carbocycles. The number of nitrogens with zero attached hydrogens (tertiary/aromatic N) is 2. The number of Topliss-reactive ketones (excluding diaryl/α,β-unsaturated/α-hetero) is 1. The second-order valence-corrected chi connectivity index (χ2v) is 5.87. The molecule has 8 heteroatoms. The second kappa shape index (κ2) is 8.27. The number of nitriles is 1. The summed E-state index contributed by atoms with van der Waals surface area (Å²) in [7, 11) is 1.50. The fourth-order valence-electron chi connectivity index (χ4n) is 2.69. The fourth-order valence-corrected chi connectivity index (χ4v) is 2.69. The van der Waals surface area contributed by atoms with Crippen LogP contribution in [-0.4, -0.2) is 37.9 Å². The van der Waals surface area contributed by atoms with Gasteiger partial charge in [-0.2, -0.15) is 5.26 Å². The van der Waals surface area contributed by atoms with Crippen molar-refractivity contribution in [2.45, 2.75) is 6.42 Å². The van der Waals surface area contributed by atoms with E-state index >= 15 is 0 Å². The highest BCUT2D eigenvalue weighted by Gasteiger charge is 2.37. The molecule has 1 amide bonds. The number of allylic oxidation sites excluding steroid dienone is 1. The van der Waals surface area contributed by atoms with Gasteiger partial charge in [-0.3, -0.25) is 14.4 Å². The number of ether oxygens (including phenoxy) is 2. The van der Waals surface area contributed by atoms with E-state index in [1.54, 1.807) is 30.3 Å².